The van der Waals surface area contributed by atoms with Gasteiger partial charge in [0.15, 0.2) is 0 Å². The second-order valence-electron chi connectivity index (χ2n) is 7.95. The lowest BCUT2D eigenvalue weighted by atomic mass is 9.85. The van der Waals surface area contributed by atoms with E-state index in [1.165, 1.54) is 6.07 Å². The van der Waals surface area contributed by atoms with Crippen LogP contribution < -0.4 is 5.63 Å². The molecule has 0 radical (unpaired) electrons. The van der Waals surface area contributed by atoms with Crippen LogP contribution in [-0.2, 0) is 22.6 Å². The molecule has 0 unspecified atom stereocenters. The Balaban J connectivity index is 1.67. The second kappa shape index (κ2) is 7.46. The van der Waals surface area contributed by atoms with E-state index in [2.05, 4.69) is 0 Å². The van der Waals surface area contributed by atoms with Crippen LogP contribution in [0.2, 0.25) is 0 Å². The molecule has 4 amide bonds. The first-order chi connectivity index (χ1) is 13.9. The molecular weight excluding hydrogens is 372 g/mol. The van der Waals surface area contributed by atoms with E-state index in [0.717, 1.165) is 47.5 Å². The zero-order valence-electron chi connectivity index (χ0n) is 16.6. The molecule has 2 aliphatic rings. The summed E-state index contributed by atoms with van der Waals surface area (Å²) >= 11 is 0. The Labute approximate surface area is 168 Å². The average molecular weight is 396 g/mol. The van der Waals surface area contributed by atoms with Crippen molar-refractivity contribution in [1.82, 2.24) is 9.80 Å². The van der Waals surface area contributed by atoms with Crippen LogP contribution in [0, 0.1) is 5.92 Å². The molecule has 1 aliphatic heterocycles. The summed E-state index contributed by atoms with van der Waals surface area (Å²) < 4.78 is 5.29. The highest BCUT2D eigenvalue weighted by molar-refractivity contribution is 6.44. The van der Waals surface area contributed by atoms with Gasteiger partial charge < -0.3 is 4.42 Å². The van der Waals surface area contributed by atoms with E-state index < -0.39 is 23.5 Å². The number of amides is 4. The molecule has 7 heteroatoms. The van der Waals surface area contributed by atoms with Gasteiger partial charge >= 0.3 is 23.5 Å². The first kappa shape index (κ1) is 19.4. The molecule has 1 saturated heterocycles. The number of benzene rings is 1. The lowest BCUT2D eigenvalue weighted by Gasteiger charge is -2.34. The number of rotatable bonds is 4. The maximum atomic E-state index is 13.0. The summed E-state index contributed by atoms with van der Waals surface area (Å²) in [5.41, 5.74) is 1.37. The molecule has 4 rings (SSSR count). The topological polar surface area (TPSA) is 87.9 Å². The number of hydrogen-bond donors (Lipinski definition) is 0. The van der Waals surface area contributed by atoms with Gasteiger partial charge in [-0.1, -0.05) is 38.8 Å². The minimum atomic E-state index is -0.834. The number of hydrogen-bond acceptors (Lipinski definition) is 5. The standard InChI is InChI=1S/C22H24N2O5/c1-3-14-8-9-16-15(11-19(25)29-18(16)10-14)12-23-20(26)21(27)24(22(23)28)17-7-5-4-6-13(17)2/h8-11,13,17H,3-7,12H2,1-2H3/t13-,17+/m0/s1. The fraction of sp³-hybridized carbons (Fsp3) is 0.455. The second-order valence-corrected chi connectivity index (χ2v) is 7.95. The number of nitrogens with zero attached hydrogens (tertiary/aromatic N) is 2. The van der Waals surface area contributed by atoms with E-state index in [1.54, 1.807) is 6.07 Å². The quantitative estimate of drug-likeness (QED) is 0.450. The van der Waals surface area contributed by atoms with Crippen LogP contribution in [0.25, 0.3) is 11.0 Å². The maximum absolute atomic E-state index is 13.0. The number of aryl methyl sites for hydroxylation is 1. The number of fused-ring (bicyclic) bond motifs is 1. The van der Waals surface area contributed by atoms with Gasteiger partial charge in [-0.3, -0.25) is 19.4 Å². The van der Waals surface area contributed by atoms with Gasteiger partial charge in [0.05, 0.1) is 6.54 Å². The summed E-state index contributed by atoms with van der Waals surface area (Å²) in [4.78, 5) is 52.3. The summed E-state index contributed by atoms with van der Waals surface area (Å²) in [5, 5.41) is 0.652. The molecule has 2 heterocycles. The molecular formula is C22H24N2O5. The SMILES string of the molecule is CCc1ccc2c(CN3C(=O)C(=O)N([C@@H]4CCCC[C@@H]4C)C3=O)cc(=O)oc2c1. The summed E-state index contributed by atoms with van der Waals surface area (Å²) in [6.45, 7) is 3.88. The van der Waals surface area contributed by atoms with E-state index in [1.807, 2.05) is 26.0 Å². The first-order valence-corrected chi connectivity index (χ1v) is 10.2. The molecule has 1 aromatic heterocycles. The molecule has 1 saturated carbocycles. The highest BCUT2D eigenvalue weighted by Crippen LogP contribution is 2.32. The normalized spacial score (nSPS) is 22.8. The van der Waals surface area contributed by atoms with Crippen molar-refractivity contribution in [2.24, 2.45) is 5.92 Å². The van der Waals surface area contributed by atoms with E-state index in [4.69, 9.17) is 4.42 Å². The number of carbonyl (C=O) groups excluding carboxylic acids is 3. The Bertz CT molecular complexity index is 1060. The lowest BCUT2D eigenvalue weighted by Crippen LogP contribution is -2.46. The van der Waals surface area contributed by atoms with Crippen LogP contribution in [0.3, 0.4) is 0 Å². The molecule has 2 atom stereocenters. The predicted molar refractivity (Wildman–Crippen MR) is 106 cm³/mol. The third kappa shape index (κ3) is 3.34. The summed E-state index contributed by atoms with van der Waals surface area (Å²) in [6.07, 6.45) is 4.44. The molecule has 2 aromatic rings. The molecule has 7 nitrogen and oxygen atoms in total. The van der Waals surface area contributed by atoms with Crippen LogP contribution in [0.4, 0.5) is 4.79 Å². The van der Waals surface area contributed by atoms with Crippen molar-refractivity contribution in [1.29, 1.82) is 0 Å². The smallest absolute Gasteiger partial charge is 0.336 e. The van der Waals surface area contributed by atoms with Crippen LogP contribution >= 0.6 is 0 Å². The van der Waals surface area contributed by atoms with Crippen molar-refractivity contribution in [3.8, 4) is 0 Å². The third-order valence-corrected chi connectivity index (χ3v) is 6.11. The van der Waals surface area contributed by atoms with E-state index >= 15 is 0 Å². The maximum Gasteiger partial charge on any atom is 0.336 e. The predicted octanol–water partition coefficient (Wildman–Crippen LogP) is 3.22. The number of imide groups is 2. The van der Waals surface area contributed by atoms with Gasteiger partial charge in [0.2, 0.25) is 0 Å². The van der Waals surface area contributed by atoms with Crippen molar-refractivity contribution in [2.45, 2.75) is 58.5 Å². The van der Waals surface area contributed by atoms with Crippen molar-refractivity contribution in [3.05, 3.63) is 45.8 Å². The minimum absolute atomic E-state index is 0.130. The molecule has 2 fully saturated rings. The zero-order valence-corrected chi connectivity index (χ0v) is 16.6. The molecule has 1 aromatic carbocycles. The monoisotopic (exact) mass is 396 g/mol. The highest BCUT2D eigenvalue weighted by atomic mass is 16.4. The molecule has 152 valence electrons. The Hall–Kier alpha value is -2.96. The lowest BCUT2D eigenvalue weighted by molar-refractivity contribution is -0.144. The summed E-state index contributed by atoms with van der Waals surface area (Å²) in [6, 6.07) is 5.97. The fourth-order valence-electron chi connectivity index (χ4n) is 4.43. The summed E-state index contributed by atoms with van der Waals surface area (Å²) in [5.74, 6) is -1.44. The molecule has 29 heavy (non-hydrogen) atoms. The average Bonchev–Trinajstić information content (AvgIpc) is 2.91. The van der Waals surface area contributed by atoms with Crippen LogP contribution in [0.15, 0.2) is 33.5 Å². The molecule has 0 N–H and O–H groups in total. The zero-order chi connectivity index (χ0) is 20.7. The van der Waals surface area contributed by atoms with Gasteiger partial charge in [0.25, 0.3) is 0 Å². The number of carbonyl (C=O) groups is 3. The van der Waals surface area contributed by atoms with Crippen molar-refractivity contribution >= 4 is 28.8 Å². The Morgan fingerprint density at radius 3 is 2.52 bits per heavy atom. The Morgan fingerprint density at radius 2 is 1.79 bits per heavy atom. The van der Waals surface area contributed by atoms with Crippen molar-refractivity contribution in [3.63, 3.8) is 0 Å². The van der Waals surface area contributed by atoms with Gasteiger partial charge in [-0.25, -0.2) is 9.59 Å². The van der Waals surface area contributed by atoms with E-state index in [-0.39, 0.29) is 18.5 Å². The minimum Gasteiger partial charge on any atom is -0.423 e. The Kier molecular flexibility index (Phi) is 4.98. The fourth-order valence-corrected chi connectivity index (χ4v) is 4.43. The van der Waals surface area contributed by atoms with E-state index in [0.29, 0.717) is 16.5 Å². The van der Waals surface area contributed by atoms with Gasteiger partial charge in [0.1, 0.15) is 5.58 Å². The van der Waals surface area contributed by atoms with Gasteiger partial charge in [0, 0.05) is 17.5 Å². The van der Waals surface area contributed by atoms with Gasteiger partial charge in [-0.15, -0.1) is 0 Å². The van der Waals surface area contributed by atoms with Crippen molar-refractivity contribution < 1.29 is 18.8 Å². The van der Waals surface area contributed by atoms with Crippen LogP contribution in [-0.4, -0.2) is 33.7 Å². The largest absolute Gasteiger partial charge is 0.423 e. The first-order valence-electron chi connectivity index (χ1n) is 10.2. The van der Waals surface area contributed by atoms with Crippen LogP contribution in [0.1, 0.15) is 50.7 Å². The van der Waals surface area contributed by atoms with Gasteiger partial charge in [-0.05, 0) is 42.4 Å². The highest BCUT2D eigenvalue weighted by Gasteiger charge is 2.49. The third-order valence-electron chi connectivity index (χ3n) is 6.11. The Morgan fingerprint density at radius 1 is 1.03 bits per heavy atom. The van der Waals surface area contributed by atoms with Gasteiger partial charge in [-0.2, -0.15) is 0 Å². The summed E-state index contributed by atoms with van der Waals surface area (Å²) in [7, 11) is 0. The molecule has 1 aliphatic carbocycles. The van der Waals surface area contributed by atoms with Crippen LogP contribution in [0.5, 0.6) is 0 Å². The molecule has 0 spiro atoms. The van der Waals surface area contributed by atoms with Crippen molar-refractivity contribution in [2.75, 3.05) is 0 Å². The molecule has 0 bridgehead atoms. The number of urea groups is 1. The van der Waals surface area contributed by atoms with E-state index in [9.17, 15) is 19.2 Å².